The zero-order valence-corrected chi connectivity index (χ0v) is 19.0. The molecule has 0 unspecified atom stereocenters. The van der Waals surface area contributed by atoms with Gasteiger partial charge in [-0.05, 0) is 51.4 Å². The van der Waals surface area contributed by atoms with Gasteiger partial charge in [0.25, 0.3) is 0 Å². The molecule has 0 atom stereocenters. The smallest absolute Gasteiger partial charge is 0.322 e. The minimum Gasteiger partial charge on any atom is -0.330 e. The van der Waals surface area contributed by atoms with E-state index in [0.717, 1.165) is 42.3 Å². The molecule has 32 heavy (non-hydrogen) atoms. The summed E-state index contributed by atoms with van der Waals surface area (Å²) < 4.78 is 1.64. The Labute approximate surface area is 188 Å². The van der Waals surface area contributed by atoms with Crippen molar-refractivity contribution in [1.82, 2.24) is 14.8 Å². The second-order valence-corrected chi connectivity index (χ2v) is 9.51. The normalized spacial score (nSPS) is 25.6. The molecule has 1 aliphatic carbocycles. The van der Waals surface area contributed by atoms with Crippen LogP contribution in [0.25, 0.3) is 10.9 Å². The van der Waals surface area contributed by atoms with Gasteiger partial charge in [0.1, 0.15) is 0 Å². The van der Waals surface area contributed by atoms with Gasteiger partial charge in [-0.3, -0.25) is 19.2 Å². The molecule has 166 valence electrons. The first-order chi connectivity index (χ1) is 15.4. The van der Waals surface area contributed by atoms with Crippen LogP contribution in [0.2, 0.25) is 0 Å². The first kappa shape index (κ1) is 20.8. The molecule has 5 rings (SSSR count). The van der Waals surface area contributed by atoms with E-state index in [4.69, 9.17) is 0 Å². The van der Waals surface area contributed by atoms with E-state index in [1.807, 2.05) is 35.4 Å². The molecular weight excluding hydrogens is 400 g/mol. The van der Waals surface area contributed by atoms with Crippen LogP contribution in [-0.4, -0.2) is 47.6 Å². The predicted octanol–water partition coefficient (Wildman–Crippen LogP) is 4.60. The average molecular weight is 431 g/mol. The highest BCUT2D eigenvalue weighted by atomic mass is 16.2. The Balaban J connectivity index is 1.44. The number of para-hydroxylation sites is 1. The summed E-state index contributed by atoms with van der Waals surface area (Å²) in [4.78, 5) is 29.5. The number of urea groups is 1. The van der Waals surface area contributed by atoms with E-state index in [1.54, 1.807) is 11.5 Å². The molecule has 1 aliphatic heterocycles. The highest BCUT2D eigenvalue weighted by Crippen LogP contribution is 2.46. The number of fused-ring (bicyclic) bond motifs is 1. The van der Waals surface area contributed by atoms with Crippen molar-refractivity contribution in [3.8, 4) is 0 Å². The van der Waals surface area contributed by atoms with Crippen molar-refractivity contribution >= 4 is 28.5 Å². The van der Waals surface area contributed by atoms with Crippen LogP contribution in [0.3, 0.4) is 0 Å². The molecule has 6 nitrogen and oxygen atoms in total. The molecule has 2 aromatic carbocycles. The van der Waals surface area contributed by atoms with Gasteiger partial charge in [0.05, 0.1) is 23.3 Å². The Morgan fingerprint density at radius 1 is 0.969 bits per heavy atom. The number of hydrogen-bond acceptors (Lipinski definition) is 3. The quantitative estimate of drug-likeness (QED) is 0.661. The number of amides is 2. The van der Waals surface area contributed by atoms with E-state index >= 15 is 0 Å². The summed E-state index contributed by atoms with van der Waals surface area (Å²) in [7, 11) is 4.31. The summed E-state index contributed by atoms with van der Waals surface area (Å²) in [5.74, 6) is -0.0573. The first-order valence-corrected chi connectivity index (χ1v) is 11.3. The Kier molecular flexibility index (Phi) is 4.86. The lowest BCUT2D eigenvalue weighted by atomic mass is 9.69. The SMILES string of the molecule is CC(=O)n1cc(N2C[C@]3(CC[C@](c4ccccc4)(N(C)C)CC3)NC2=O)c2ccccc21. The van der Waals surface area contributed by atoms with Gasteiger partial charge in [0, 0.05) is 24.0 Å². The fourth-order valence-electron chi connectivity index (χ4n) is 5.71. The van der Waals surface area contributed by atoms with E-state index in [1.165, 1.54) is 5.56 Å². The fourth-order valence-corrected chi connectivity index (χ4v) is 5.71. The van der Waals surface area contributed by atoms with Crippen molar-refractivity contribution in [3.05, 3.63) is 66.4 Å². The number of anilines is 1. The Bertz CT molecular complexity index is 1170. The molecule has 1 spiro atoms. The number of benzene rings is 2. The van der Waals surface area contributed by atoms with Crippen LogP contribution >= 0.6 is 0 Å². The molecule has 2 heterocycles. The average Bonchev–Trinajstić information content (AvgIpc) is 3.33. The topological polar surface area (TPSA) is 57.6 Å². The maximum atomic E-state index is 13.1. The lowest BCUT2D eigenvalue weighted by Crippen LogP contribution is -2.54. The van der Waals surface area contributed by atoms with E-state index in [0.29, 0.717) is 6.54 Å². The van der Waals surface area contributed by atoms with Crippen LogP contribution < -0.4 is 10.2 Å². The van der Waals surface area contributed by atoms with Gasteiger partial charge >= 0.3 is 6.03 Å². The number of carbonyl (C=O) groups is 2. The van der Waals surface area contributed by atoms with Crippen molar-refractivity contribution < 1.29 is 9.59 Å². The Morgan fingerprint density at radius 3 is 2.28 bits per heavy atom. The first-order valence-electron chi connectivity index (χ1n) is 11.3. The minimum atomic E-state index is -0.245. The zero-order valence-electron chi connectivity index (χ0n) is 19.0. The number of nitrogens with one attached hydrogen (secondary N) is 1. The molecule has 1 saturated carbocycles. The molecule has 2 fully saturated rings. The zero-order chi connectivity index (χ0) is 22.5. The van der Waals surface area contributed by atoms with Gasteiger partial charge in [-0.2, -0.15) is 0 Å². The molecule has 6 heteroatoms. The van der Waals surface area contributed by atoms with Crippen molar-refractivity contribution in [1.29, 1.82) is 0 Å². The van der Waals surface area contributed by atoms with Crippen LogP contribution in [-0.2, 0) is 5.54 Å². The van der Waals surface area contributed by atoms with Gasteiger partial charge in [-0.1, -0.05) is 48.5 Å². The molecule has 0 bridgehead atoms. The highest BCUT2D eigenvalue weighted by molar-refractivity contribution is 6.07. The van der Waals surface area contributed by atoms with Crippen molar-refractivity contribution in [3.63, 3.8) is 0 Å². The molecule has 1 aromatic heterocycles. The summed E-state index contributed by atoms with van der Waals surface area (Å²) in [6, 6.07) is 18.4. The summed E-state index contributed by atoms with van der Waals surface area (Å²) in [6.07, 6.45) is 5.59. The number of aromatic nitrogens is 1. The van der Waals surface area contributed by atoms with Crippen LogP contribution in [0.15, 0.2) is 60.8 Å². The number of rotatable bonds is 3. The summed E-state index contributed by atoms with van der Waals surface area (Å²) >= 11 is 0. The Hall–Kier alpha value is -3.12. The summed E-state index contributed by atoms with van der Waals surface area (Å²) in [5.41, 5.74) is 2.71. The van der Waals surface area contributed by atoms with Gasteiger partial charge in [0.2, 0.25) is 5.91 Å². The molecule has 1 N–H and O–H groups in total. The van der Waals surface area contributed by atoms with Crippen molar-refractivity contribution in [2.45, 2.75) is 43.7 Å². The van der Waals surface area contributed by atoms with Gasteiger partial charge < -0.3 is 5.32 Å². The largest absolute Gasteiger partial charge is 0.330 e. The second kappa shape index (κ2) is 7.48. The second-order valence-electron chi connectivity index (χ2n) is 9.51. The number of carbonyl (C=O) groups excluding carboxylic acids is 2. The molecule has 2 aliphatic rings. The van der Waals surface area contributed by atoms with Crippen molar-refractivity contribution in [2.24, 2.45) is 0 Å². The highest BCUT2D eigenvalue weighted by Gasteiger charge is 2.50. The van der Waals surface area contributed by atoms with E-state index in [9.17, 15) is 9.59 Å². The van der Waals surface area contributed by atoms with Gasteiger partial charge in [0.15, 0.2) is 0 Å². The van der Waals surface area contributed by atoms with Gasteiger partial charge in [-0.15, -0.1) is 0 Å². The number of hydrogen-bond donors (Lipinski definition) is 1. The van der Waals surface area contributed by atoms with E-state index < -0.39 is 0 Å². The van der Waals surface area contributed by atoms with E-state index in [-0.39, 0.29) is 23.0 Å². The summed E-state index contributed by atoms with van der Waals surface area (Å²) in [5, 5.41) is 4.25. The monoisotopic (exact) mass is 430 g/mol. The van der Waals surface area contributed by atoms with E-state index in [2.05, 4.69) is 54.6 Å². The predicted molar refractivity (Wildman–Crippen MR) is 127 cm³/mol. The molecule has 2 amide bonds. The maximum Gasteiger partial charge on any atom is 0.322 e. The Morgan fingerprint density at radius 2 is 1.62 bits per heavy atom. The van der Waals surface area contributed by atoms with Crippen LogP contribution in [0.5, 0.6) is 0 Å². The van der Waals surface area contributed by atoms with Crippen molar-refractivity contribution in [2.75, 3.05) is 25.5 Å². The minimum absolute atomic E-state index is 0.0185. The maximum absolute atomic E-state index is 13.1. The third-order valence-corrected chi connectivity index (χ3v) is 7.60. The molecule has 0 radical (unpaired) electrons. The third-order valence-electron chi connectivity index (χ3n) is 7.60. The standard InChI is InChI=1S/C26H30N4O2/c1-19(31)29-17-23(21-11-7-8-12-22(21)29)30-18-25(27-24(30)32)13-15-26(16-14-25,28(2)3)20-9-5-4-6-10-20/h4-12,17H,13-16,18H2,1-3H3,(H,27,32)/t25-,26+. The molecule has 3 aromatic rings. The van der Waals surface area contributed by atoms with Crippen LogP contribution in [0.4, 0.5) is 10.5 Å². The van der Waals surface area contributed by atoms with Crippen LogP contribution in [0.1, 0.15) is 43.0 Å². The van der Waals surface area contributed by atoms with Crippen LogP contribution in [0, 0.1) is 0 Å². The molecule has 1 saturated heterocycles. The fraction of sp³-hybridized carbons (Fsp3) is 0.385. The third kappa shape index (κ3) is 3.13. The molecular formula is C26H30N4O2. The lowest BCUT2D eigenvalue weighted by molar-refractivity contribution is 0.0658. The lowest BCUT2D eigenvalue weighted by Gasteiger charge is -2.48. The number of nitrogens with zero attached hydrogens (tertiary/aromatic N) is 3. The summed E-state index contributed by atoms with van der Waals surface area (Å²) in [6.45, 7) is 2.17. The van der Waals surface area contributed by atoms with Gasteiger partial charge in [-0.25, -0.2) is 4.79 Å².